The van der Waals surface area contributed by atoms with E-state index in [2.05, 4.69) is 21.2 Å². The predicted molar refractivity (Wildman–Crippen MR) is 150 cm³/mol. The highest BCUT2D eigenvalue weighted by Gasteiger charge is 2.26. The zero-order valence-corrected chi connectivity index (χ0v) is 23.6. The Kier molecular flexibility index (Phi) is 10.8. The molecule has 3 N–H and O–H groups in total. The molecule has 1 aliphatic heterocycles. The topological polar surface area (TPSA) is 129 Å². The number of benzene rings is 2. The van der Waals surface area contributed by atoms with Gasteiger partial charge in [-0.15, -0.1) is 0 Å². The molecule has 1 atom stereocenters. The van der Waals surface area contributed by atoms with Gasteiger partial charge in [0.25, 0.3) is 0 Å². The minimum atomic E-state index is -0.896. The summed E-state index contributed by atoms with van der Waals surface area (Å²) in [6.45, 7) is 3.56. The van der Waals surface area contributed by atoms with Crippen LogP contribution in [0.15, 0.2) is 53.1 Å². The number of rotatable bonds is 11. The van der Waals surface area contributed by atoms with E-state index in [-0.39, 0.29) is 42.8 Å². The summed E-state index contributed by atoms with van der Waals surface area (Å²) in [6, 6.07) is 10.7. The van der Waals surface area contributed by atoms with Gasteiger partial charge in [0.15, 0.2) is 0 Å². The highest BCUT2D eigenvalue weighted by molar-refractivity contribution is 6.31. The molecular formula is C28H31ClF2N6O5. The Morgan fingerprint density at radius 3 is 2.67 bits per heavy atom. The summed E-state index contributed by atoms with van der Waals surface area (Å²) in [5.41, 5.74) is 4.10. The Bertz CT molecular complexity index is 1400. The molecule has 1 saturated heterocycles. The SMILES string of the molecule is CC(=O)N(NCc1cccc(F)c1Cl)[C@@H](CCC(=O)N1CCNCC1)COC(=O)Nc1cc(-c2cccc(F)c2)no1. The predicted octanol–water partition coefficient (Wildman–Crippen LogP) is 3.96. The number of nitrogens with zero attached hydrogens (tertiary/aromatic N) is 3. The maximum absolute atomic E-state index is 13.9. The largest absolute Gasteiger partial charge is 0.447 e. The number of anilines is 1. The molecule has 0 bridgehead atoms. The van der Waals surface area contributed by atoms with E-state index in [0.717, 1.165) is 0 Å². The molecule has 0 radical (unpaired) electrons. The monoisotopic (exact) mass is 604 g/mol. The molecule has 3 amide bonds. The number of carbonyl (C=O) groups is 3. The molecule has 0 aliphatic carbocycles. The van der Waals surface area contributed by atoms with Crippen LogP contribution in [0.1, 0.15) is 25.3 Å². The van der Waals surface area contributed by atoms with E-state index in [1.165, 1.54) is 48.3 Å². The zero-order valence-electron chi connectivity index (χ0n) is 22.9. The highest BCUT2D eigenvalue weighted by atomic mass is 35.5. The van der Waals surface area contributed by atoms with Crippen LogP contribution in [0, 0.1) is 11.6 Å². The van der Waals surface area contributed by atoms with Crippen LogP contribution in [0.3, 0.4) is 0 Å². The second-order valence-corrected chi connectivity index (χ2v) is 9.95. The standard InChI is InChI=1S/C28H31ClF2N6O5/c1-18(38)37(33-16-20-5-3-7-23(31)27(20)29)22(8-9-26(39)36-12-10-32-11-13-36)17-41-28(40)34-25-15-24(35-42-25)19-4-2-6-21(30)14-19/h2-7,14-15,22,32-33H,8-13,16-17H2,1H3,(H,34,40)/t22-/m0/s1. The lowest BCUT2D eigenvalue weighted by molar-refractivity contribution is -0.138. The second-order valence-electron chi connectivity index (χ2n) is 9.57. The lowest BCUT2D eigenvalue weighted by atomic mass is 10.1. The van der Waals surface area contributed by atoms with Crippen molar-refractivity contribution in [2.75, 3.05) is 38.1 Å². The van der Waals surface area contributed by atoms with Crippen LogP contribution in [-0.2, 0) is 20.9 Å². The van der Waals surface area contributed by atoms with E-state index in [1.807, 2.05) is 0 Å². The van der Waals surface area contributed by atoms with Crippen molar-refractivity contribution in [3.8, 4) is 11.3 Å². The third kappa shape index (κ3) is 8.47. The number of hydrogen-bond donors (Lipinski definition) is 3. The van der Waals surface area contributed by atoms with Gasteiger partial charge < -0.3 is 19.5 Å². The number of carbonyl (C=O) groups excluding carboxylic acids is 3. The maximum Gasteiger partial charge on any atom is 0.414 e. The molecule has 1 fully saturated rings. The van der Waals surface area contributed by atoms with Gasteiger partial charge in [0.2, 0.25) is 17.7 Å². The van der Waals surface area contributed by atoms with E-state index in [4.69, 9.17) is 20.9 Å². The van der Waals surface area contributed by atoms with Crippen molar-refractivity contribution in [3.63, 3.8) is 0 Å². The Labute approximate surface area is 246 Å². The van der Waals surface area contributed by atoms with Crippen molar-refractivity contribution in [2.45, 2.75) is 32.4 Å². The number of ether oxygens (including phenoxy) is 1. The zero-order chi connectivity index (χ0) is 30.1. The Hall–Kier alpha value is -4.07. The van der Waals surface area contributed by atoms with Gasteiger partial charge in [-0.05, 0) is 30.2 Å². The third-order valence-corrected chi connectivity index (χ3v) is 7.02. The molecule has 0 spiro atoms. The number of hydrogen-bond acceptors (Lipinski definition) is 8. The molecule has 0 unspecified atom stereocenters. The molecule has 1 aromatic heterocycles. The van der Waals surface area contributed by atoms with Crippen LogP contribution in [0.4, 0.5) is 19.5 Å². The van der Waals surface area contributed by atoms with Gasteiger partial charge in [0.05, 0.1) is 11.1 Å². The third-order valence-electron chi connectivity index (χ3n) is 6.60. The summed E-state index contributed by atoms with van der Waals surface area (Å²) < 4.78 is 38.0. The van der Waals surface area contributed by atoms with E-state index in [1.54, 1.807) is 17.0 Å². The lowest BCUT2D eigenvalue weighted by Gasteiger charge is -2.32. The second kappa shape index (κ2) is 14.7. The van der Waals surface area contributed by atoms with Gasteiger partial charge in [-0.1, -0.05) is 41.0 Å². The fraction of sp³-hybridized carbons (Fsp3) is 0.357. The van der Waals surface area contributed by atoms with Gasteiger partial charge in [-0.3, -0.25) is 19.9 Å². The smallest absolute Gasteiger partial charge is 0.414 e. The van der Waals surface area contributed by atoms with Crippen LogP contribution in [0.2, 0.25) is 5.02 Å². The van der Waals surface area contributed by atoms with Crippen molar-refractivity contribution in [3.05, 3.63) is 70.8 Å². The Balaban J connectivity index is 1.41. The first-order chi connectivity index (χ1) is 20.2. The summed E-state index contributed by atoms with van der Waals surface area (Å²) in [5, 5.41) is 10.6. The average Bonchev–Trinajstić information content (AvgIpc) is 3.44. The Morgan fingerprint density at radius 1 is 1.17 bits per heavy atom. The number of aromatic nitrogens is 1. The van der Waals surface area contributed by atoms with Crippen LogP contribution < -0.4 is 16.1 Å². The van der Waals surface area contributed by atoms with Crippen molar-refractivity contribution >= 4 is 35.4 Å². The number of halogens is 3. The first kappa shape index (κ1) is 30.9. The van der Waals surface area contributed by atoms with Crippen molar-refractivity contribution in [2.24, 2.45) is 0 Å². The van der Waals surface area contributed by atoms with Gasteiger partial charge in [-0.25, -0.2) is 19.0 Å². The molecule has 11 nitrogen and oxygen atoms in total. The number of nitrogens with one attached hydrogen (secondary N) is 3. The van der Waals surface area contributed by atoms with Crippen LogP contribution in [0.25, 0.3) is 11.3 Å². The first-order valence-electron chi connectivity index (χ1n) is 13.3. The van der Waals surface area contributed by atoms with E-state index in [0.29, 0.717) is 43.0 Å². The molecule has 2 aromatic carbocycles. The van der Waals surface area contributed by atoms with E-state index >= 15 is 0 Å². The molecule has 14 heteroatoms. The molecule has 2 heterocycles. The molecular weight excluding hydrogens is 574 g/mol. The van der Waals surface area contributed by atoms with Crippen LogP contribution >= 0.6 is 11.6 Å². The molecule has 3 aromatic rings. The van der Waals surface area contributed by atoms with E-state index < -0.39 is 29.7 Å². The highest BCUT2D eigenvalue weighted by Crippen LogP contribution is 2.23. The summed E-state index contributed by atoms with van der Waals surface area (Å²) in [7, 11) is 0. The Morgan fingerprint density at radius 2 is 1.93 bits per heavy atom. The van der Waals surface area contributed by atoms with Gasteiger partial charge in [0, 0.05) is 57.7 Å². The molecule has 4 rings (SSSR count). The molecule has 224 valence electrons. The summed E-state index contributed by atoms with van der Waals surface area (Å²) >= 11 is 6.07. The number of amides is 3. The van der Waals surface area contributed by atoms with E-state index in [9.17, 15) is 23.2 Å². The minimum absolute atomic E-state index is 0.00549. The fourth-order valence-electron chi connectivity index (χ4n) is 4.43. The van der Waals surface area contributed by atoms with Gasteiger partial charge in [-0.2, -0.15) is 0 Å². The normalized spacial score (nSPS) is 13.9. The minimum Gasteiger partial charge on any atom is -0.447 e. The average molecular weight is 605 g/mol. The van der Waals surface area contributed by atoms with Crippen molar-refractivity contribution in [1.82, 2.24) is 25.8 Å². The summed E-state index contributed by atoms with van der Waals surface area (Å²) in [6.07, 6.45) is -0.626. The summed E-state index contributed by atoms with van der Waals surface area (Å²) in [5.74, 6) is -1.59. The van der Waals surface area contributed by atoms with Crippen LogP contribution in [0.5, 0.6) is 0 Å². The molecule has 0 saturated carbocycles. The lowest BCUT2D eigenvalue weighted by Crippen LogP contribution is -2.51. The number of piperazine rings is 1. The van der Waals surface area contributed by atoms with Gasteiger partial charge in [0.1, 0.15) is 23.9 Å². The fourth-order valence-corrected chi connectivity index (χ4v) is 4.62. The van der Waals surface area contributed by atoms with Crippen molar-refractivity contribution < 1.29 is 32.4 Å². The van der Waals surface area contributed by atoms with Gasteiger partial charge >= 0.3 is 6.09 Å². The molecule has 42 heavy (non-hydrogen) atoms. The van der Waals surface area contributed by atoms with Crippen molar-refractivity contribution in [1.29, 1.82) is 0 Å². The first-order valence-corrected chi connectivity index (χ1v) is 13.7. The maximum atomic E-state index is 13.9. The molecule has 1 aliphatic rings. The quantitative estimate of drug-likeness (QED) is 0.281. The number of hydrazine groups is 1. The summed E-state index contributed by atoms with van der Waals surface area (Å²) in [4.78, 5) is 39.8. The van der Waals surface area contributed by atoms with Crippen LogP contribution in [-0.4, -0.2) is 71.8 Å².